The monoisotopic (exact) mass is 347 g/mol. The Morgan fingerprint density at radius 2 is 1.86 bits per heavy atom. The van der Waals surface area contributed by atoms with Crippen LogP contribution >= 0.6 is 15.9 Å². The molecule has 1 amide bonds. The minimum atomic E-state index is -0.181. The number of nitrogens with one attached hydrogen (secondary N) is 1. The summed E-state index contributed by atoms with van der Waals surface area (Å²) in [5.74, 6) is 1.34. The van der Waals surface area contributed by atoms with E-state index in [4.69, 9.17) is 9.47 Å². The van der Waals surface area contributed by atoms with E-state index in [1.165, 1.54) is 0 Å². The molecule has 0 aliphatic carbocycles. The fourth-order valence-corrected chi connectivity index (χ4v) is 2.34. The third-order valence-corrected chi connectivity index (χ3v) is 3.69. The average Bonchev–Trinajstić information content (AvgIpc) is 2.53. The van der Waals surface area contributed by atoms with Crippen molar-refractivity contribution < 1.29 is 14.3 Å². The van der Waals surface area contributed by atoms with Crippen molar-refractivity contribution in [2.24, 2.45) is 0 Å². The van der Waals surface area contributed by atoms with Crippen LogP contribution in [0.4, 0.5) is 0 Å². The van der Waals surface area contributed by atoms with Gasteiger partial charge in [-0.2, -0.15) is 0 Å². The Morgan fingerprint density at radius 3 is 2.62 bits per heavy atom. The van der Waals surface area contributed by atoms with E-state index in [1.54, 1.807) is 12.1 Å². The number of fused-ring (bicyclic) bond motifs is 1. The van der Waals surface area contributed by atoms with Gasteiger partial charge in [0.05, 0.1) is 6.54 Å². The zero-order chi connectivity index (χ0) is 14.7. The normalized spacial score (nSPS) is 16.3. The number of rotatable bonds is 3. The van der Waals surface area contributed by atoms with Crippen molar-refractivity contribution in [1.29, 1.82) is 0 Å². The molecule has 1 unspecified atom stereocenters. The molecule has 0 saturated heterocycles. The van der Waals surface area contributed by atoms with Crippen LogP contribution in [-0.4, -0.2) is 25.2 Å². The van der Waals surface area contributed by atoms with Crippen LogP contribution in [0.15, 0.2) is 53.0 Å². The minimum absolute atomic E-state index is 0.120. The van der Waals surface area contributed by atoms with Crippen molar-refractivity contribution in [3.63, 3.8) is 0 Å². The van der Waals surface area contributed by atoms with Crippen LogP contribution in [-0.2, 0) is 0 Å². The molecule has 0 aromatic heterocycles. The predicted octanol–water partition coefficient (Wildman–Crippen LogP) is 3.02. The molecule has 3 rings (SSSR count). The third-order valence-electron chi connectivity index (χ3n) is 3.16. The van der Waals surface area contributed by atoms with Gasteiger partial charge in [0.1, 0.15) is 12.7 Å². The summed E-state index contributed by atoms with van der Waals surface area (Å²) in [5.41, 5.74) is 0.621. The summed E-state index contributed by atoms with van der Waals surface area (Å²) >= 11 is 3.34. The zero-order valence-electron chi connectivity index (χ0n) is 11.2. The second-order valence-electron chi connectivity index (χ2n) is 4.71. The Labute approximate surface area is 131 Å². The first-order valence-electron chi connectivity index (χ1n) is 6.64. The van der Waals surface area contributed by atoms with Gasteiger partial charge in [0.15, 0.2) is 11.5 Å². The molecule has 1 N–H and O–H groups in total. The number of hydrogen-bond donors (Lipinski definition) is 1. The van der Waals surface area contributed by atoms with E-state index < -0.39 is 0 Å². The first-order valence-corrected chi connectivity index (χ1v) is 7.44. The van der Waals surface area contributed by atoms with E-state index in [0.29, 0.717) is 24.5 Å². The van der Waals surface area contributed by atoms with E-state index in [0.717, 1.165) is 10.2 Å². The van der Waals surface area contributed by atoms with Crippen molar-refractivity contribution in [2.75, 3.05) is 13.2 Å². The molecule has 1 heterocycles. The SMILES string of the molecule is O=C(NCC1COc2ccccc2O1)c1ccc(Br)cc1. The lowest BCUT2D eigenvalue weighted by Gasteiger charge is -2.26. The lowest BCUT2D eigenvalue weighted by atomic mass is 10.2. The average molecular weight is 348 g/mol. The molecule has 1 atom stereocenters. The van der Waals surface area contributed by atoms with Gasteiger partial charge in [-0.05, 0) is 36.4 Å². The van der Waals surface area contributed by atoms with Crippen LogP contribution in [0, 0.1) is 0 Å². The molecule has 5 heteroatoms. The molecule has 4 nitrogen and oxygen atoms in total. The summed E-state index contributed by atoms with van der Waals surface area (Å²) < 4.78 is 12.3. The van der Waals surface area contributed by atoms with Gasteiger partial charge in [-0.25, -0.2) is 0 Å². The lowest BCUT2D eigenvalue weighted by molar-refractivity contribution is 0.0789. The Hall–Kier alpha value is -2.01. The number of carbonyl (C=O) groups excluding carboxylic acids is 1. The van der Waals surface area contributed by atoms with Crippen molar-refractivity contribution in [1.82, 2.24) is 5.32 Å². The first kappa shape index (κ1) is 13.9. The topological polar surface area (TPSA) is 47.6 Å². The molecule has 0 saturated carbocycles. The molecule has 0 radical (unpaired) electrons. The first-order chi connectivity index (χ1) is 10.2. The van der Waals surface area contributed by atoms with Gasteiger partial charge in [0.2, 0.25) is 0 Å². The van der Waals surface area contributed by atoms with Crippen molar-refractivity contribution in [3.05, 3.63) is 58.6 Å². The van der Waals surface area contributed by atoms with Gasteiger partial charge in [-0.3, -0.25) is 4.79 Å². The zero-order valence-corrected chi connectivity index (χ0v) is 12.8. The molecule has 2 aromatic carbocycles. The molecule has 1 aliphatic rings. The van der Waals surface area contributed by atoms with Crippen molar-refractivity contribution >= 4 is 21.8 Å². The van der Waals surface area contributed by atoms with Crippen LogP contribution in [0.25, 0.3) is 0 Å². The number of amides is 1. The number of halogens is 1. The number of hydrogen-bond acceptors (Lipinski definition) is 3. The molecular weight excluding hydrogens is 334 g/mol. The van der Waals surface area contributed by atoms with Crippen LogP contribution in [0.5, 0.6) is 11.5 Å². The summed E-state index contributed by atoms with van der Waals surface area (Å²) in [6.45, 7) is 0.834. The Kier molecular flexibility index (Phi) is 4.10. The Balaban J connectivity index is 1.56. The Morgan fingerprint density at radius 1 is 1.14 bits per heavy atom. The highest BCUT2D eigenvalue weighted by Gasteiger charge is 2.21. The summed E-state index contributed by atoms with van der Waals surface area (Å²) in [5, 5.41) is 2.86. The quantitative estimate of drug-likeness (QED) is 0.928. The number of carbonyl (C=O) groups is 1. The summed E-state index contributed by atoms with van der Waals surface area (Å²) in [6.07, 6.45) is -0.181. The maximum absolute atomic E-state index is 12.0. The largest absolute Gasteiger partial charge is 0.486 e. The van der Waals surface area contributed by atoms with E-state index >= 15 is 0 Å². The summed E-state index contributed by atoms with van der Waals surface area (Å²) in [6, 6.07) is 14.7. The van der Waals surface area contributed by atoms with Crippen LogP contribution in [0.3, 0.4) is 0 Å². The Bertz CT molecular complexity index is 642. The van der Waals surface area contributed by atoms with Gasteiger partial charge < -0.3 is 14.8 Å². The van der Waals surface area contributed by atoms with E-state index in [-0.39, 0.29) is 12.0 Å². The highest BCUT2D eigenvalue weighted by molar-refractivity contribution is 9.10. The van der Waals surface area contributed by atoms with Gasteiger partial charge in [0.25, 0.3) is 5.91 Å². The minimum Gasteiger partial charge on any atom is -0.486 e. The van der Waals surface area contributed by atoms with Gasteiger partial charge in [0, 0.05) is 10.0 Å². The molecule has 0 spiro atoms. The third kappa shape index (κ3) is 3.36. The maximum atomic E-state index is 12.0. The van der Waals surface area contributed by atoms with Crippen LogP contribution < -0.4 is 14.8 Å². The molecule has 2 aromatic rings. The second kappa shape index (κ2) is 6.18. The highest BCUT2D eigenvalue weighted by atomic mass is 79.9. The van der Waals surface area contributed by atoms with Crippen LogP contribution in [0.1, 0.15) is 10.4 Å². The van der Waals surface area contributed by atoms with E-state index in [1.807, 2.05) is 36.4 Å². The van der Waals surface area contributed by atoms with E-state index in [2.05, 4.69) is 21.2 Å². The van der Waals surface area contributed by atoms with Crippen molar-refractivity contribution in [3.8, 4) is 11.5 Å². The van der Waals surface area contributed by atoms with E-state index in [9.17, 15) is 4.79 Å². The molecule has 0 fully saturated rings. The molecule has 1 aliphatic heterocycles. The molecule has 0 bridgehead atoms. The highest BCUT2D eigenvalue weighted by Crippen LogP contribution is 2.30. The molecule has 21 heavy (non-hydrogen) atoms. The summed E-state index contributed by atoms with van der Waals surface area (Å²) in [7, 11) is 0. The molecular formula is C16H14BrNO3. The fourth-order valence-electron chi connectivity index (χ4n) is 2.07. The number of ether oxygens (including phenoxy) is 2. The number of benzene rings is 2. The van der Waals surface area contributed by atoms with Gasteiger partial charge in [-0.15, -0.1) is 0 Å². The lowest BCUT2D eigenvalue weighted by Crippen LogP contribution is -2.40. The fraction of sp³-hybridized carbons (Fsp3) is 0.188. The molecule has 108 valence electrons. The standard InChI is InChI=1S/C16H14BrNO3/c17-12-7-5-11(6-8-12)16(19)18-9-13-10-20-14-3-1-2-4-15(14)21-13/h1-8,13H,9-10H2,(H,18,19). The second-order valence-corrected chi connectivity index (χ2v) is 5.63. The summed E-state index contributed by atoms with van der Waals surface area (Å²) in [4.78, 5) is 12.0. The van der Waals surface area contributed by atoms with Gasteiger partial charge >= 0.3 is 0 Å². The number of para-hydroxylation sites is 2. The van der Waals surface area contributed by atoms with Gasteiger partial charge in [-0.1, -0.05) is 28.1 Å². The van der Waals surface area contributed by atoms with Crippen LogP contribution in [0.2, 0.25) is 0 Å². The van der Waals surface area contributed by atoms with Crippen molar-refractivity contribution in [2.45, 2.75) is 6.10 Å². The smallest absolute Gasteiger partial charge is 0.251 e. The predicted molar refractivity (Wildman–Crippen MR) is 82.8 cm³/mol. The maximum Gasteiger partial charge on any atom is 0.251 e.